The molecule has 1 aromatic carbocycles. The molecule has 3 N–H and O–H groups in total. The highest BCUT2D eigenvalue weighted by Crippen LogP contribution is 2.23. The Morgan fingerprint density at radius 2 is 1.90 bits per heavy atom. The SMILES string of the molecule is Cc1cnccc1NC(=O)c1cnc(N)c2ccccc12. The number of carbonyl (C=O) groups is 1. The number of anilines is 2. The van der Waals surface area contributed by atoms with Gasteiger partial charge in [0.1, 0.15) is 5.82 Å². The van der Waals surface area contributed by atoms with Gasteiger partial charge in [-0.1, -0.05) is 24.3 Å². The Labute approximate surface area is 121 Å². The molecule has 0 unspecified atom stereocenters. The van der Waals surface area contributed by atoms with E-state index in [2.05, 4.69) is 15.3 Å². The number of nitrogens with zero attached hydrogens (tertiary/aromatic N) is 2. The molecular formula is C16H14N4O. The van der Waals surface area contributed by atoms with Crippen LogP contribution in [0.25, 0.3) is 10.8 Å². The van der Waals surface area contributed by atoms with Crippen molar-refractivity contribution in [2.24, 2.45) is 0 Å². The Hall–Kier alpha value is -2.95. The minimum absolute atomic E-state index is 0.215. The number of rotatable bonds is 2. The molecule has 3 rings (SSSR count). The standard InChI is InChI=1S/C16H14N4O/c1-10-8-18-7-6-14(10)20-16(21)13-9-19-15(17)12-5-3-2-4-11(12)13/h2-9H,1H3,(H2,17,19)(H,18,20,21). The van der Waals surface area contributed by atoms with Gasteiger partial charge in [-0.05, 0) is 23.9 Å². The molecule has 2 heterocycles. The first-order chi connectivity index (χ1) is 10.2. The smallest absolute Gasteiger partial charge is 0.257 e. The van der Waals surface area contributed by atoms with Crippen molar-refractivity contribution in [2.75, 3.05) is 11.1 Å². The number of nitrogen functional groups attached to an aromatic ring is 1. The number of benzene rings is 1. The summed E-state index contributed by atoms with van der Waals surface area (Å²) in [7, 11) is 0. The highest BCUT2D eigenvalue weighted by atomic mass is 16.1. The fourth-order valence-electron chi connectivity index (χ4n) is 2.20. The Morgan fingerprint density at radius 1 is 1.14 bits per heavy atom. The maximum atomic E-state index is 12.5. The van der Waals surface area contributed by atoms with Crippen LogP contribution in [0.1, 0.15) is 15.9 Å². The lowest BCUT2D eigenvalue weighted by atomic mass is 10.1. The van der Waals surface area contributed by atoms with E-state index in [9.17, 15) is 4.79 Å². The van der Waals surface area contributed by atoms with Crippen LogP contribution >= 0.6 is 0 Å². The number of carbonyl (C=O) groups excluding carboxylic acids is 1. The third kappa shape index (κ3) is 2.41. The van der Waals surface area contributed by atoms with E-state index in [0.717, 1.165) is 22.0 Å². The largest absolute Gasteiger partial charge is 0.383 e. The summed E-state index contributed by atoms with van der Waals surface area (Å²) in [6.45, 7) is 1.89. The van der Waals surface area contributed by atoms with Crippen LogP contribution in [0.5, 0.6) is 0 Å². The van der Waals surface area contributed by atoms with Gasteiger partial charge in [-0.15, -0.1) is 0 Å². The van der Waals surface area contributed by atoms with Gasteiger partial charge in [-0.3, -0.25) is 9.78 Å². The summed E-state index contributed by atoms with van der Waals surface area (Å²) in [5.74, 6) is 0.204. The number of nitrogens with one attached hydrogen (secondary N) is 1. The van der Waals surface area contributed by atoms with Crippen molar-refractivity contribution >= 4 is 28.2 Å². The molecule has 5 heteroatoms. The average molecular weight is 278 g/mol. The van der Waals surface area contributed by atoms with Gasteiger partial charge >= 0.3 is 0 Å². The van der Waals surface area contributed by atoms with Crippen LogP contribution in [-0.4, -0.2) is 15.9 Å². The molecule has 0 saturated carbocycles. The second-order valence-corrected chi connectivity index (χ2v) is 4.75. The van der Waals surface area contributed by atoms with Crippen LogP contribution < -0.4 is 11.1 Å². The maximum Gasteiger partial charge on any atom is 0.257 e. The molecule has 2 aromatic heterocycles. The van der Waals surface area contributed by atoms with Crippen molar-refractivity contribution in [1.29, 1.82) is 0 Å². The Bertz CT molecular complexity index is 829. The Balaban J connectivity index is 2.03. The van der Waals surface area contributed by atoms with Crippen molar-refractivity contribution in [2.45, 2.75) is 6.92 Å². The second kappa shape index (κ2) is 5.20. The van der Waals surface area contributed by atoms with E-state index in [0.29, 0.717) is 11.4 Å². The average Bonchev–Trinajstić information content (AvgIpc) is 2.50. The van der Waals surface area contributed by atoms with Gasteiger partial charge in [0.25, 0.3) is 5.91 Å². The minimum Gasteiger partial charge on any atom is -0.383 e. The van der Waals surface area contributed by atoms with E-state index < -0.39 is 0 Å². The van der Waals surface area contributed by atoms with E-state index in [-0.39, 0.29) is 5.91 Å². The predicted octanol–water partition coefficient (Wildman–Crippen LogP) is 2.77. The van der Waals surface area contributed by atoms with Gasteiger partial charge in [0.15, 0.2) is 0 Å². The third-order valence-electron chi connectivity index (χ3n) is 3.34. The lowest BCUT2D eigenvalue weighted by Gasteiger charge is -2.10. The molecule has 0 aliphatic rings. The molecule has 21 heavy (non-hydrogen) atoms. The molecule has 104 valence electrons. The molecule has 0 aliphatic heterocycles. The van der Waals surface area contributed by atoms with Crippen molar-refractivity contribution in [3.63, 3.8) is 0 Å². The molecule has 1 amide bonds. The Morgan fingerprint density at radius 3 is 2.67 bits per heavy atom. The maximum absolute atomic E-state index is 12.5. The van der Waals surface area contributed by atoms with Crippen LogP contribution in [0.3, 0.4) is 0 Å². The monoisotopic (exact) mass is 278 g/mol. The van der Waals surface area contributed by atoms with E-state index in [1.54, 1.807) is 18.5 Å². The van der Waals surface area contributed by atoms with Gasteiger partial charge in [0, 0.05) is 29.7 Å². The van der Waals surface area contributed by atoms with Crippen molar-refractivity contribution in [3.05, 3.63) is 60.0 Å². The molecule has 0 radical (unpaired) electrons. The number of nitrogens with two attached hydrogens (primary N) is 1. The fraction of sp³-hybridized carbons (Fsp3) is 0.0625. The fourth-order valence-corrected chi connectivity index (χ4v) is 2.20. The molecule has 0 spiro atoms. The first kappa shape index (κ1) is 13.1. The predicted molar refractivity (Wildman–Crippen MR) is 83.1 cm³/mol. The zero-order valence-electron chi connectivity index (χ0n) is 11.5. The van der Waals surface area contributed by atoms with E-state index in [1.165, 1.54) is 6.20 Å². The molecule has 0 aliphatic carbocycles. The van der Waals surface area contributed by atoms with Crippen LogP contribution in [0, 0.1) is 6.92 Å². The van der Waals surface area contributed by atoms with Crippen LogP contribution in [-0.2, 0) is 0 Å². The number of amides is 1. The van der Waals surface area contributed by atoms with E-state index in [1.807, 2.05) is 31.2 Å². The molecule has 0 saturated heterocycles. The molecule has 0 atom stereocenters. The van der Waals surface area contributed by atoms with Gasteiger partial charge in [-0.25, -0.2) is 4.98 Å². The van der Waals surface area contributed by atoms with Gasteiger partial charge in [-0.2, -0.15) is 0 Å². The number of aryl methyl sites for hydroxylation is 1. The summed E-state index contributed by atoms with van der Waals surface area (Å²) in [6.07, 6.45) is 4.85. The summed E-state index contributed by atoms with van der Waals surface area (Å²) < 4.78 is 0. The van der Waals surface area contributed by atoms with E-state index >= 15 is 0 Å². The molecule has 0 fully saturated rings. The zero-order valence-corrected chi connectivity index (χ0v) is 11.5. The summed E-state index contributed by atoms with van der Waals surface area (Å²) in [5, 5.41) is 4.44. The lowest BCUT2D eigenvalue weighted by molar-refractivity contribution is 0.102. The van der Waals surface area contributed by atoms with Gasteiger partial charge in [0.05, 0.1) is 5.56 Å². The third-order valence-corrected chi connectivity index (χ3v) is 3.34. The van der Waals surface area contributed by atoms with Gasteiger partial charge < -0.3 is 11.1 Å². The van der Waals surface area contributed by atoms with Crippen LogP contribution in [0.4, 0.5) is 11.5 Å². The van der Waals surface area contributed by atoms with Crippen LogP contribution in [0.2, 0.25) is 0 Å². The number of aromatic nitrogens is 2. The molecular weight excluding hydrogens is 264 g/mol. The highest BCUT2D eigenvalue weighted by Gasteiger charge is 2.13. The molecule has 5 nitrogen and oxygen atoms in total. The lowest BCUT2D eigenvalue weighted by Crippen LogP contribution is -2.14. The summed E-state index contributed by atoms with van der Waals surface area (Å²) >= 11 is 0. The Kier molecular flexibility index (Phi) is 3.23. The van der Waals surface area contributed by atoms with Crippen molar-refractivity contribution < 1.29 is 4.79 Å². The van der Waals surface area contributed by atoms with Crippen molar-refractivity contribution in [1.82, 2.24) is 9.97 Å². The summed E-state index contributed by atoms with van der Waals surface area (Å²) in [6, 6.07) is 9.22. The van der Waals surface area contributed by atoms with E-state index in [4.69, 9.17) is 5.73 Å². The summed E-state index contributed by atoms with van der Waals surface area (Å²) in [4.78, 5) is 20.6. The first-order valence-electron chi connectivity index (χ1n) is 6.52. The second-order valence-electron chi connectivity index (χ2n) is 4.75. The number of hydrogen-bond acceptors (Lipinski definition) is 4. The number of pyridine rings is 2. The summed E-state index contributed by atoms with van der Waals surface area (Å²) in [5.41, 5.74) is 7.98. The van der Waals surface area contributed by atoms with Crippen molar-refractivity contribution in [3.8, 4) is 0 Å². The van der Waals surface area contributed by atoms with Crippen LogP contribution in [0.15, 0.2) is 48.9 Å². The molecule has 3 aromatic rings. The zero-order chi connectivity index (χ0) is 14.8. The normalized spacial score (nSPS) is 10.5. The topological polar surface area (TPSA) is 80.9 Å². The molecule has 0 bridgehead atoms. The highest BCUT2D eigenvalue weighted by molar-refractivity contribution is 6.14. The number of hydrogen-bond donors (Lipinski definition) is 2. The minimum atomic E-state index is -0.215. The number of fused-ring (bicyclic) bond motifs is 1. The quantitative estimate of drug-likeness (QED) is 0.755. The first-order valence-corrected chi connectivity index (χ1v) is 6.52. The van der Waals surface area contributed by atoms with Gasteiger partial charge in [0.2, 0.25) is 0 Å².